The van der Waals surface area contributed by atoms with Gasteiger partial charge in [-0.05, 0) is 25.1 Å². The maximum atomic E-state index is 13.1. The summed E-state index contributed by atoms with van der Waals surface area (Å²) < 4.78 is 26.1. The van der Waals surface area contributed by atoms with Crippen molar-refractivity contribution in [1.29, 1.82) is 0 Å². The van der Waals surface area contributed by atoms with Crippen molar-refractivity contribution in [2.24, 2.45) is 0 Å². The van der Waals surface area contributed by atoms with Crippen molar-refractivity contribution in [3.63, 3.8) is 0 Å². The summed E-state index contributed by atoms with van der Waals surface area (Å²) in [5.41, 5.74) is 0.423. The van der Waals surface area contributed by atoms with E-state index in [0.29, 0.717) is 17.1 Å². The minimum atomic E-state index is -0.606. The van der Waals surface area contributed by atoms with Gasteiger partial charge in [-0.1, -0.05) is 18.3 Å². The molecule has 0 saturated heterocycles. The molecule has 1 N–H and O–H groups in total. The van der Waals surface area contributed by atoms with Crippen LogP contribution in [0.25, 0.3) is 10.6 Å². The fourth-order valence-corrected chi connectivity index (χ4v) is 2.29. The Morgan fingerprint density at radius 3 is 2.56 bits per heavy atom. The van der Waals surface area contributed by atoms with Crippen molar-refractivity contribution in [1.82, 2.24) is 15.5 Å². The lowest BCUT2D eigenvalue weighted by Gasteiger charge is -1.97. The molecular formula is C12H13F2N3S. The summed E-state index contributed by atoms with van der Waals surface area (Å²) in [6, 6.07) is 3.36. The van der Waals surface area contributed by atoms with Crippen molar-refractivity contribution < 1.29 is 8.78 Å². The third kappa shape index (κ3) is 3.30. The van der Waals surface area contributed by atoms with Gasteiger partial charge in [-0.15, -0.1) is 10.2 Å². The largest absolute Gasteiger partial charge is 0.310 e. The van der Waals surface area contributed by atoms with E-state index >= 15 is 0 Å². The van der Waals surface area contributed by atoms with Crippen LogP contribution in [-0.4, -0.2) is 16.7 Å². The van der Waals surface area contributed by atoms with E-state index in [4.69, 9.17) is 0 Å². The van der Waals surface area contributed by atoms with Crippen LogP contribution in [0.1, 0.15) is 18.4 Å². The third-order valence-corrected chi connectivity index (χ3v) is 3.25. The number of rotatable bonds is 5. The van der Waals surface area contributed by atoms with Crippen LogP contribution in [0.5, 0.6) is 0 Å². The molecule has 0 radical (unpaired) electrons. The lowest BCUT2D eigenvalue weighted by Crippen LogP contribution is -2.13. The lowest BCUT2D eigenvalue weighted by molar-refractivity contribution is 0.584. The molecule has 0 unspecified atom stereocenters. The quantitative estimate of drug-likeness (QED) is 0.848. The maximum absolute atomic E-state index is 13.1. The molecule has 1 heterocycles. The topological polar surface area (TPSA) is 37.8 Å². The maximum Gasteiger partial charge on any atom is 0.148 e. The number of nitrogens with zero attached hydrogens (tertiary/aromatic N) is 2. The van der Waals surface area contributed by atoms with Gasteiger partial charge in [0.25, 0.3) is 0 Å². The molecule has 0 fully saturated rings. The third-order valence-electron chi connectivity index (χ3n) is 2.28. The minimum Gasteiger partial charge on any atom is -0.310 e. The highest BCUT2D eigenvalue weighted by atomic mass is 32.1. The number of nitrogens with one attached hydrogen (secondary N) is 1. The molecule has 0 aliphatic heterocycles. The smallest absolute Gasteiger partial charge is 0.148 e. The van der Waals surface area contributed by atoms with Crippen LogP contribution in [0.3, 0.4) is 0 Å². The van der Waals surface area contributed by atoms with E-state index in [2.05, 4.69) is 22.4 Å². The Morgan fingerprint density at radius 2 is 1.89 bits per heavy atom. The van der Waals surface area contributed by atoms with Gasteiger partial charge in [0.05, 0.1) is 0 Å². The van der Waals surface area contributed by atoms with Crippen molar-refractivity contribution >= 4 is 11.3 Å². The summed E-state index contributed by atoms with van der Waals surface area (Å²) in [4.78, 5) is 0. The molecule has 2 aromatic rings. The number of halogens is 2. The zero-order valence-electron chi connectivity index (χ0n) is 9.91. The predicted molar refractivity (Wildman–Crippen MR) is 67.3 cm³/mol. The van der Waals surface area contributed by atoms with Gasteiger partial charge in [0.15, 0.2) is 0 Å². The number of hydrogen-bond donors (Lipinski definition) is 1. The van der Waals surface area contributed by atoms with Crippen LogP contribution in [0.2, 0.25) is 0 Å². The highest BCUT2D eigenvalue weighted by Crippen LogP contribution is 2.24. The molecule has 1 aromatic carbocycles. The highest BCUT2D eigenvalue weighted by molar-refractivity contribution is 7.14. The molecule has 0 aliphatic carbocycles. The van der Waals surface area contributed by atoms with Gasteiger partial charge in [0.1, 0.15) is 21.6 Å². The van der Waals surface area contributed by atoms with Gasteiger partial charge in [0, 0.05) is 18.2 Å². The lowest BCUT2D eigenvalue weighted by atomic mass is 10.2. The molecule has 0 spiro atoms. The average molecular weight is 269 g/mol. The Balaban J connectivity index is 2.13. The monoisotopic (exact) mass is 269 g/mol. The predicted octanol–water partition coefficient (Wildman–Crippen LogP) is 2.98. The average Bonchev–Trinajstić information content (AvgIpc) is 2.77. The molecule has 6 heteroatoms. The summed E-state index contributed by atoms with van der Waals surface area (Å²) in [5, 5.41) is 12.5. The van der Waals surface area contributed by atoms with Crippen molar-refractivity contribution in [3.05, 3.63) is 34.8 Å². The summed E-state index contributed by atoms with van der Waals surface area (Å²) in [6.07, 6.45) is 1.04. The minimum absolute atomic E-state index is 0.423. The van der Waals surface area contributed by atoms with Gasteiger partial charge in [0.2, 0.25) is 0 Å². The fourth-order valence-electron chi connectivity index (χ4n) is 1.49. The van der Waals surface area contributed by atoms with E-state index in [0.717, 1.165) is 24.0 Å². The van der Waals surface area contributed by atoms with Crippen LogP contribution in [0.15, 0.2) is 18.2 Å². The Labute approximate surface area is 108 Å². The molecule has 0 bridgehead atoms. The van der Waals surface area contributed by atoms with Crippen molar-refractivity contribution in [2.45, 2.75) is 19.9 Å². The van der Waals surface area contributed by atoms with Crippen LogP contribution >= 0.6 is 11.3 Å². The second kappa shape index (κ2) is 5.97. The van der Waals surface area contributed by atoms with Crippen LogP contribution in [0.4, 0.5) is 8.78 Å². The fraction of sp³-hybridized carbons (Fsp3) is 0.333. The first-order chi connectivity index (χ1) is 8.69. The van der Waals surface area contributed by atoms with Gasteiger partial charge >= 0.3 is 0 Å². The van der Waals surface area contributed by atoms with E-state index in [1.54, 1.807) is 0 Å². The molecule has 2 rings (SSSR count). The second-order valence-electron chi connectivity index (χ2n) is 3.84. The Morgan fingerprint density at radius 1 is 1.17 bits per heavy atom. The molecule has 1 aromatic heterocycles. The van der Waals surface area contributed by atoms with Crippen LogP contribution in [-0.2, 0) is 6.54 Å². The van der Waals surface area contributed by atoms with E-state index in [1.807, 2.05) is 0 Å². The Hall–Kier alpha value is -1.40. The Bertz CT molecular complexity index is 508. The molecule has 0 saturated carbocycles. The van der Waals surface area contributed by atoms with Crippen molar-refractivity contribution in [3.8, 4) is 10.6 Å². The van der Waals surface area contributed by atoms with Gasteiger partial charge in [-0.3, -0.25) is 0 Å². The number of benzene rings is 1. The standard InChI is InChI=1S/C12H13F2N3S/c1-2-3-15-7-11-16-17-12(18-11)8-4-9(13)6-10(14)5-8/h4-6,15H,2-3,7H2,1H3. The van der Waals surface area contributed by atoms with Gasteiger partial charge < -0.3 is 5.32 Å². The zero-order chi connectivity index (χ0) is 13.0. The molecule has 96 valence electrons. The first kappa shape index (κ1) is 13.0. The van der Waals surface area contributed by atoms with Gasteiger partial charge in [-0.25, -0.2) is 8.78 Å². The summed E-state index contributed by atoms with van der Waals surface area (Å²) >= 11 is 1.34. The van der Waals surface area contributed by atoms with Crippen LogP contribution in [0, 0.1) is 11.6 Å². The molecular weight excluding hydrogens is 256 g/mol. The number of aromatic nitrogens is 2. The summed E-state index contributed by atoms with van der Waals surface area (Å²) in [5.74, 6) is -1.21. The van der Waals surface area contributed by atoms with Gasteiger partial charge in [-0.2, -0.15) is 0 Å². The van der Waals surface area contributed by atoms with E-state index < -0.39 is 11.6 Å². The summed E-state index contributed by atoms with van der Waals surface area (Å²) in [6.45, 7) is 3.61. The van der Waals surface area contributed by atoms with E-state index in [-0.39, 0.29) is 0 Å². The number of hydrogen-bond acceptors (Lipinski definition) is 4. The van der Waals surface area contributed by atoms with E-state index in [9.17, 15) is 8.78 Å². The molecule has 18 heavy (non-hydrogen) atoms. The summed E-state index contributed by atoms with van der Waals surface area (Å²) in [7, 11) is 0. The second-order valence-corrected chi connectivity index (χ2v) is 4.90. The van der Waals surface area contributed by atoms with Crippen LogP contribution < -0.4 is 5.32 Å². The van der Waals surface area contributed by atoms with E-state index in [1.165, 1.54) is 23.5 Å². The first-order valence-corrected chi connectivity index (χ1v) is 6.50. The SMILES string of the molecule is CCCNCc1nnc(-c2cc(F)cc(F)c2)s1. The van der Waals surface area contributed by atoms with Crippen molar-refractivity contribution in [2.75, 3.05) is 6.54 Å². The first-order valence-electron chi connectivity index (χ1n) is 5.68. The molecule has 0 atom stereocenters. The zero-order valence-corrected chi connectivity index (χ0v) is 10.7. The molecule has 0 aliphatic rings. The Kier molecular flexibility index (Phi) is 4.33. The molecule has 0 amide bonds. The highest BCUT2D eigenvalue weighted by Gasteiger charge is 2.09. The molecule has 3 nitrogen and oxygen atoms in total. The normalized spacial score (nSPS) is 10.8.